The fraction of sp³-hybridized carbons (Fsp3) is 0.417. The molecule has 0 radical (unpaired) electrons. The predicted octanol–water partition coefficient (Wildman–Crippen LogP) is 2.25. The van der Waals surface area contributed by atoms with E-state index in [0.717, 1.165) is 0 Å². The van der Waals surface area contributed by atoms with E-state index >= 15 is 0 Å². The summed E-state index contributed by atoms with van der Waals surface area (Å²) in [7, 11) is 0. The summed E-state index contributed by atoms with van der Waals surface area (Å²) < 4.78 is 0. The molecule has 0 unspecified atom stereocenters. The van der Waals surface area contributed by atoms with Gasteiger partial charge in [-0.15, -0.1) is 0 Å². The molecule has 0 aliphatic carbocycles. The molecular formula is C12H15N3O. The minimum absolute atomic E-state index is 0.0934. The number of nitrogens with one attached hydrogen (secondary N) is 1. The Labute approximate surface area is 95.3 Å². The van der Waals surface area contributed by atoms with E-state index in [2.05, 4.69) is 10.3 Å². The van der Waals surface area contributed by atoms with Gasteiger partial charge in [0.1, 0.15) is 11.9 Å². The van der Waals surface area contributed by atoms with E-state index in [4.69, 9.17) is 5.26 Å². The lowest BCUT2D eigenvalue weighted by atomic mass is 9.96. The molecule has 4 heteroatoms. The highest BCUT2D eigenvalue weighted by molar-refractivity contribution is 5.93. The van der Waals surface area contributed by atoms with Crippen molar-refractivity contribution in [3.05, 3.63) is 23.4 Å². The minimum atomic E-state index is -0.455. The molecule has 1 N–H and O–H groups in total. The summed E-state index contributed by atoms with van der Waals surface area (Å²) >= 11 is 0. The van der Waals surface area contributed by atoms with Crippen molar-refractivity contribution in [2.45, 2.75) is 27.7 Å². The molecule has 0 aromatic carbocycles. The summed E-state index contributed by atoms with van der Waals surface area (Å²) in [4.78, 5) is 15.8. The van der Waals surface area contributed by atoms with Gasteiger partial charge in [-0.1, -0.05) is 20.8 Å². The summed E-state index contributed by atoms with van der Waals surface area (Å²) in [6.45, 7) is 7.24. The van der Waals surface area contributed by atoms with Crippen LogP contribution in [0.5, 0.6) is 0 Å². The van der Waals surface area contributed by atoms with E-state index in [9.17, 15) is 4.79 Å². The zero-order valence-electron chi connectivity index (χ0n) is 9.96. The number of hydrogen-bond acceptors (Lipinski definition) is 3. The van der Waals surface area contributed by atoms with Crippen LogP contribution in [-0.2, 0) is 4.79 Å². The van der Waals surface area contributed by atoms with Crippen molar-refractivity contribution < 1.29 is 4.79 Å². The summed E-state index contributed by atoms with van der Waals surface area (Å²) in [5.74, 6) is 0.389. The van der Waals surface area contributed by atoms with Gasteiger partial charge in [-0.2, -0.15) is 5.26 Å². The maximum Gasteiger partial charge on any atom is 0.230 e. The third-order valence-electron chi connectivity index (χ3n) is 2.13. The summed E-state index contributed by atoms with van der Waals surface area (Å²) in [6.07, 6.45) is 0. The molecule has 1 aromatic rings. The van der Waals surface area contributed by atoms with E-state index in [-0.39, 0.29) is 5.91 Å². The number of amides is 1. The molecule has 0 aliphatic heterocycles. The van der Waals surface area contributed by atoms with Crippen molar-refractivity contribution >= 4 is 11.7 Å². The number of nitriles is 1. The first-order valence-corrected chi connectivity index (χ1v) is 5.04. The lowest BCUT2D eigenvalue weighted by Gasteiger charge is -2.17. The van der Waals surface area contributed by atoms with Crippen LogP contribution < -0.4 is 5.32 Å². The fourth-order valence-electron chi connectivity index (χ4n) is 1.05. The maximum absolute atomic E-state index is 11.7. The highest BCUT2D eigenvalue weighted by Crippen LogP contribution is 2.17. The zero-order chi connectivity index (χ0) is 12.3. The van der Waals surface area contributed by atoms with Crippen LogP contribution in [0.4, 0.5) is 5.82 Å². The average Bonchev–Trinajstić information content (AvgIpc) is 2.16. The first-order valence-electron chi connectivity index (χ1n) is 5.04. The van der Waals surface area contributed by atoms with E-state index in [1.54, 1.807) is 19.1 Å². The van der Waals surface area contributed by atoms with E-state index < -0.39 is 5.41 Å². The second-order valence-electron chi connectivity index (χ2n) is 4.65. The monoisotopic (exact) mass is 217 g/mol. The normalized spacial score (nSPS) is 10.7. The molecule has 1 heterocycles. The van der Waals surface area contributed by atoms with Gasteiger partial charge in [-0.05, 0) is 19.1 Å². The molecule has 0 atom stereocenters. The standard InChI is InChI=1S/C12H15N3O/c1-8-9(7-13)5-6-10(14-8)15-11(16)12(2,3)4/h5-6H,1-4H3,(H,14,15,16). The quantitative estimate of drug-likeness (QED) is 0.784. The minimum Gasteiger partial charge on any atom is -0.310 e. The molecule has 0 aliphatic rings. The summed E-state index contributed by atoms with van der Waals surface area (Å²) in [5.41, 5.74) is 0.687. The second kappa shape index (κ2) is 4.31. The van der Waals surface area contributed by atoms with Crippen LogP contribution in [0.2, 0.25) is 0 Å². The van der Waals surface area contributed by atoms with Crippen LogP contribution in [-0.4, -0.2) is 10.9 Å². The summed E-state index contributed by atoms with van der Waals surface area (Å²) in [6, 6.07) is 5.32. The smallest absolute Gasteiger partial charge is 0.230 e. The molecule has 0 spiro atoms. The third-order valence-corrected chi connectivity index (χ3v) is 2.13. The van der Waals surface area contributed by atoms with Crippen molar-refractivity contribution in [1.82, 2.24) is 4.98 Å². The average molecular weight is 217 g/mol. The SMILES string of the molecule is Cc1nc(NC(=O)C(C)(C)C)ccc1C#N. The number of nitrogens with zero attached hydrogens (tertiary/aromatic N) is 2. The number of aromatic nitrogens is 1. The van der Waals surface area contributed by atoms with Gasteiger partial charge in [0, 0.05) is 5.41 Å². The Kier molecular flexibility index (Phi) is 3.28. The number of rotatable bonds is 1. The summed E-state index contributed by atoms with van der Waals surface area (Å²) in [5, 5.41) is 11.5. The van der Waals surface area contributed by atoms with E-state index in [0.29, 0.717) is 17.1 Å². The Bertz CT molecular complexity index is 452. The van der Waals surface area contributed by atoms with Crippen molar-refractivity contribution in [3.63, 3.8) is 0 Å². The van der Waals surface area contributed by atoms with Gasteiger partial charge in [0.25, 0.3) is 0 Å². The molecule has 16 heavy (non-hydrogen) atoms. The lowest BCUT2D eigenvalue weighted by molar-refractivity contribution is -0.123. The molecule has 0 saturated carbocycles. The molecule has 0 fully saturated rings. The van der Waals surface area contributed by atoms with Crippen molar-refractivity contribution in [3.8, 4) is 6.07 Å². The van der Waals surface area contributed by atoms with E-state index in [1.165, 1.54) is 0 Å². The van der Waals surface area contributed by atoms with Crippen molar-refractivity contribution in [2.24, 2.45) is 5.41 Å². The number of aryl methyl sites for hydroxylation is 1. The van der Waals surface area contributed by atoms with Crippen molar-refractivity contribution in [2.75, 3.05) is 5.32 Å². The predicted molar refractivity (Wildman–Crippen MR) is 61.8 cm³/mol. The molecule has 0 bridgehead atoms. The van der Waals surface area contributed by atoms with Crippen LogP contribution in [0.1, 0.15) is 32.0 Å². The highest BCUT2D eigenvalue weighted by atomic mass is 16.2. The molecule has 1 amide bonds. The molecule has 1 rings (SSSR count). The first kappa shape index (κ1) is 12.2. The molecular weight excluding hydrogens is 202 g/mol. The fourth-order valence-corrected chi connectivity index (χ4v) is 1.05. The number of carbonyl (C=O) groups is 1. The molecule has 1 aromatic heterocycles. The van der Waals surface area contributed by atoms with Crippen LogP contribution in [0.25, 0.3) is 0 Å². The Balaban J connectivity index is 2.89. The Morgan fingerprint density at radius 2 is 2.06 bits per heavy atom. The van der Waals surface area contributed by atoms with Crippen LogP contribution >= 0.6 is 0 Å². The second-order valence-corrected chi connectivity index (χ2v) is 4.65. The zero-order valence-corrected chi connectivity index (χ0v) is 9.96. The molecule has 4 nitrogen and oxygen atoms in total. The van der Waals surface area contributed by atoms with Gasteiger partial charge in [-0.3, -0.25) is 4.79 Å². The Morgan fingerprint density at radius 1 is 1.44 bits per heavy atom. The number of pyridine rings is 1. The number of hydrogen-bond donors (Lipinski definition) is 1. The number of anilines is 1. The molecule has 84 valence electrons. The van der Waals surface area contributed by atoms with Crippen LogP contribution in [0.15, 0.2) is 12.1 Å². The largest absolute Gasteiger partial charge is 0.310 e. The van der Waals surface area contributed by atoms with Gasteiger partial charge < -0.3 is 5.32 Å². The first-order chi connectivity index (χ1) is 7.34. The third kappa shape index (κ3) is 2.80. The van der Waals surface area contributed by atoms with Gasteiger partial charge in [-0.25, -0.2) is 4.98 Å². The van der Waals surface area contributed by atoms with Crippen LogP contribution in [0.3, 0.4) is 0 Å². The Hall–Kier alpha value is -1.89. The van der Waals surface area contributed by atoms with Crippen molar-refractivity contribution in [1.29, 1.82) is 5.26 Å². The van der Waals surface area contributed by atoms with Gasteiger partial charge in [0.15, 0.2) is 0 Å². The highest BCUT2D eigenvalue weighted by Gasteiger charge is 2.21. The van der Waals surface area contributed by atoms with Gasteiger partial charge in [0.2, 0.25) is 5.91 Å². The molecule has 0 saturated heterocycles. The van der Waals surface area contributed by atoms with Gasteiger partial charge >= 0.3 is 0 Å². The van der Waals surface area contributed by atoms with Gasteiger partial charge in [0.05, 0.1) is 11.3 Å². The van der Waals surface area contributed by atoms with E-state index in [1.807, 2.05) is 26.8 Å². The maximum atomic E-state index is 11.7. The van der Waals surface area contributed by atoms with Crippen LogP contribution in [0, 0.1) is 23.7 Å². The lowest BCUT2D eigenvalue weighted by Crippen LogP contribution is -2.28. The topological polar surface area (TPSA) is 65.8 Å². The number of carbonyl (C=O) groups excluding carboxylic acids is 1. The Morgan fingerprint density at radius 3 is 2.50 bits per heavy atom.